The van der Waals surface area contributed by atoms with Gasteiger partial charge in [0.25, 0.3) is 5.91 Å². The third kappa shape index (κ3) is 3.81. The fourth-order valence-corrected chi connectivity index (χ4v) is 3.42. The SMILES string of the molecule is CC(=O)C1=C(C)N(Cc2ccccc2)C(=O)C1(NC(=O)CC(C)C)C(F)(F)F. The van der Waals surface area contributed by atoms with E-state index in [1.807, 2.05) is 5.32 Å². The number of halogens is 3. The smallest absolute Gasteiger partial charge is 0.330 e. The van der Waals surface area contributed by atoms with Crippen molar-refractivity contribution >= 4 is 17.6 Å². The Morgan fingerprint density at radius 2 is 1.75 bits per heavy atom. The quantitative estimate of drug-likeness (QED) is 0.802. The standard InChI is InChI=1S/C20H23F3N2O3/c1-12(2)10-16(27)24-19(20(21,22)23)17(14(4)26)13(3)25(18(19)28)11-15-8-6-5-7-9-15/h5-9,12H,10-11H2,1-4H3,(H,24,27). The van der Waals surface area contributed by atoms with Gasteiger partial charge in [0, 0.05) is 12.1 Å². The molecule has 0 fully saturated rings. The van der Waals surface area contributed by atoms with E-state index in [-0.39, 0.29) is 24.6 Å². The van der Waals surface area contributed by atoms with E-state index in [1.165, 1.54) is 6.92 Å². The normalized spacial score (nSPS) is 20.1. The summed E-state index contributed by atoms with van der Waals surface area (Å²) in [5, 5.41) is 1.86. The molecule has 0 aromatic heterocycles. The molecule has 0 spiro atoms. The van der Waals surface area contributed by atoms with Crippen LogP contribution in [0.25, 0.3) is 0 Å². The van der Waals surface area contributed by atoms with Gasteiger partial charge in [-0.25, -0.2) is 0 Å². The second kappa shape index (κ2) is 7.77. The van der Waals surface area contributed by atoms with E-state index in [1.54, 1.807) is 44.2 Å². The maximum atomic E-state index is 14.2. The van der Waals surface area contributed by atoms with Crippen molar-refractivity contribution in [2.75, 3.05) is 0 Å². The molecule has 1 heterocycles. The molecule has 1 aliphatic heterocycles. The minimum absolute atomic E-state index is 0.108. The maximum Gasteiger partial charge on any atom is 0.425 e. The van der Waals surface area contributed by atoms with Crippen molar-refractivity contribution in [3.05, 3.63) is 47.2 Å². The van der Waals surface area contributed by atoms with Crippen LogP contribution in [0, 0.1) is 5.92 Å². The van der Waals surface area contributed by atoms with Crippen molar-refractivity contribution in [2.45, 2.75) is 52.4 Å². The second-order valence-corrected chi connectivity index (χ2v) is 7.29. The van der Waals surface area contributed by atoms with E-state index in [9.17, 15) is 27.6 Å². The van der Waals surface area contributed by atoms with Crippen LogP contribution in [0.2, 0.25) is 0 Å². The van der Waals surface area contributed by atoms with E-state index in [0.29, 0.717) is 5.56 Å². The molecule has 2 amide bonds. The van der Waals surface area contributed by atoms with Gasteiger partial charge in [0.15, 0.2) is 5.78 Å². The Labute approximate surface area is 161 Å². The number of Topliss-reactive ketones (excluding diaryl/α,β-unsaturated/α-hetero) is 1. The summed E-state index contributed by atoms with van der Waals surface area (Å²) in [6, 6.07) is 8.47. The third-order valence-electron chi connectivity index (χ3n) is 4.59. The summed E-state index contributed by atoms with van der Waals surface area (Å²) in [4.78, 5) is 38.3. The predicted molar refractivity (Wildman–Crippen MR) is 96.8 cm³/mol. The van der Waals surface area contributed by atoms with Crippen molar-refractivity contribution in [3.63, 3.8) is 0 Å². The monoisotopic (exact) mass is 396 g/mol. The van der Waals surface area contributed by atoms with Crippen molar-refractivity contribution in [3.8, 4) is 0 Å². The first-order chi connectivity index (χ1) is 12.9. The Morgan fingerprint density at radius 1 is 1.18 bits per heavy atom. The van der Waals surface area contributed by atoms with Crippen molar-refractivity contribution in [1.29, 1.82) is 0 Å². The maximum absolute atomic E-state index is 14.2. The van der Waals surface area contributed by atoms with Gasteiger partial charge >= 0.3 is 6.18 Å². The predicted octanol–water partition coefficient (Wildman–Crippen LogP) is 3.36. The van der Waals surface area contributed by atoms with Gasteiger partial charge in [-0.1, -0.05) is 44.2 Å². The highest BCUT2D eigenvalue weighted by Gasteiger charge is 2.69. The molecule has 2 rings (SSSR count). The van der Waals surface area contributed by atoms with Crippen LogP contribution in [0.4, 0.5) is 13.2 Å². The number of allylic oxidation sites excluding steroid dienone is 1. The van der Waals surface area contributed by atoms with Crippen LogP contribution < -0.4 is 5.32 Å². The molecule has 1 N–H and O–H groups in total. The lowest BCUT2D eigenvalue weighted by molar-refractivity contribution is -0.194. The molecule has 28 heavy (non-hydrogen) atoms. The Morgan fingerprint density at radius 3 is 2.21 bits per heavy atom. The number of rotatable bonds is 6. The number of benzene rings is 1. The van der Waals surface area contributed by atoms with Gasteiger partial charge in [-0.05, 0) is 25.3 Å². The lowest BCUT2D eigenvalue weighted by Crippen LogP contribution is -2.66. The van der Waals surface area contributed by atoms with Gasteiger partial charge in [-0.2, -0.15) is 13.2 Å². The van der Waals surface area contributed by atoms with Gasteiger partial charge in [0.2, 0.25) is 11.4 Å². The molecule has 0 saturated heterocycles. The topological polar surface area (TPSA) is 66.5 Å². The fourth-order valence-electron chi connectivity index (χ4n) is 3.42. The van der Waals surface area contributed by atoms with E-state index in [0.717, 1.165) is 11.8 Å². The van der Waals surface area contributed by atoms with Crippen LogP contribution >= 0.6 is 0 Å². The molecule has 152 valence electrons. The lowest BCUT2D eigenvalue weighted by Gasteiger charge is -2.33. The van der Waals surface area contributed by atoms with Crippen molar-refractivity contribution in [1.82, 2.24) is 10.2 Å². The molecule has 0 radical (unpaired) electrons. The summed E-state index contributed by atoms with van der Waals surface area (Å²) in [6.45, 7) is 5.46. The number of hydrogen-bond acceptors (Lipinski definition) is 3. The van der Waals surface area contributed by atoms with E-state index in [4.69, 9.17) is 0 Å². The second-order valence-electron chi connectivity index (χ2n) is 7.29. The van der Waals surface area contributed by atoms with Crippen LogP contribution in [0.5, 0.6) is 0 Å². The summed E-state index contributed by atoms with van der Waals surface area (Å²) >= 11 is 0. The van der Waals surface area contributed by atoms with Gasteiger partial charge < -0.3 is 10.2 Å². The van der Waals surface area contributed by atoms with Crippen LogP contribution in [-0.2, 0) is 20.9 Å². The Bertz CT molecular complexity index is 816. The van der Waals surface area contributed by atoms with E-state index < -0.39 is 34.9 Å². The minimum Gasteiger partial charge on any atom is -0.330 e. The number of ketones is 1. The number of nitrogens with zero attached hydrogens (tertiary/aromatic N) is 1. The van der Waals surface area contributed by atoms with Crippen LogP contribution in [0.3, 0.4) is 0 Å². The number of carbonyl (C=O) groups is 3. The number of hydrogen-bond donors (Lipinski definition) is 1. The molecule has 0 bridgehead atoms. The molecule has 1 aromatic carbocycles. The molecule has 0 aliphatic carbocycles. The lowest BCUT2D eigenvalue weighted by atomic mass is 9.86. The number of nitrogens with one attached hydrogen (secondary N) is 1. The van der Waals surface area contributed by atoms with Gasteiger partial charge in [0.1, 0.15) is 0 Å². The van der Waals surface area contributed by atoms with Crippen LogP contribution in [-0.4, -0.2) is 34.2 Å². The summed E-state index contributed by atoms with van der Waals surface area (Å²) in [7, 11) is 0. The van der Waals surface area contributed by atoms with Gasteiger partial charge in [-0.15, -0.1) is 0 Å². The first-order valence-electron chi connectivity index (χ1n) is 8.87. The summed E-state index contributed by atoms with van der Waals surface area (Å²) < 4.78 is 42.6. The molecule has 1 aliphatic rings. The number of alkyl halides is 3. The van der Waals surface area contributed by atoms with Crippen LogP contribution in [0.1, 0.15) is 39.7 Å². The largest absolute Gasteiger partial charge is 0.425 e. The first kappa shape index (κ1) is 21.7. The molecule has 8 heteroatoms. The third-order valence-corrected chi connectivity index (χ3v) is 4.59. The Balaban J connectivity index is 2.58. The molecule has 0 saturated carbocycles. The number of amides is 2. The molecule has 5 nitrogen and oxygen atoms in total. The zero-order valence-electron chi connectivity index (χ0n) is 16.2. The van der Waals surface area contributed by atoms with Crippen molar-refractivity contribution < 1.29 is 27.6 Å². The minimum atomic E-state index is -5.18. The molecule has 1 aromatic rings. The van der Waals surface area contributed by atoms with Gasteiger partial charge in [0.05, 0.1) is 12.1 Å². The van der Waals surface area contributed by atoms with Crippen molar-refractivity contribution in [2.24, 2.45) is 5.92 Å². The Hall–Kier alpha value is -2.64. The van der Waals surface area contributed by atoms with Gasteiger partial charge in [-0.3, -0.25) is 14.4 Å². The summed E-state index contributed by atoms with van der Waals surface area (Å²) in [5.41, 5.74) is -3.62. The average molecular weight is 396 g/mol. The van der Waals surface area contributed by atoms with E-state index >= 15 is 0 Å². The molecular weight excluding hydrogens is 373 g/mol. The summed E-state index contributed by atoms with van der Waals surface area (Å²) in [5.74, 6) is -3.44. The highest BCUT2D eigenvalue weighted by molar-refractivity contribution is 6.11. The fraction of sp³-hybridized carbons (Fsp3) is 0.450. The van der Waals surface area contributed by atoms with Crippen LogP contribution in [0.15, 0.2) is 41.6 Å². The first-order valence-corrected chi connectivity index (χ1v) is 8.87. The zero-order valence-corrected chi connectivity index (χ0v) is 16.2. The number of carbonyl (C=O) groups excluding carboxylic acids is 3. The van der Waals surface area contributed by atoms with E-state index in [2.05, 4.69) is 0 Å². The summed E-state index contributed by atoms with van der Waals surface area (Å²) in [6.07, 6.45) is -5.38. The molecule has 1 atom stereocenters. The highest BCUT2D eigenvalue weighted by atomic mass is 19.4. The highest BCUT2D eigenvalue weighted by Crippen LogP contribution is 2.45. The molecular formula is C20H23F3N2O3. The Kier molecular flexibility index (Phi) is 6.01. The zero-order chi connectivity index (χ0) is 21.3. The average Bonchev–Trinajstić information content (AvgIpc) is 2.77. The molecule has 1 unspecified atom stereocenters.